The van der Waals surface area contributed by atoms with Crippen LogP contribution in [0.1, 0.15) is 24.4 Å². The lowest BCUT2D eigenvalue weighted by Gasteiger charge is -2.16. The zero-order valence-electron chi connectivity index (χ0n) is 10.4. The maximum atomic E-state index is 11.6. The van der Waals surface area contributed by atoms with E-state index in [2.05, 4.69) is 35.6 Å². The van der Waals surface area contributed by atoms with Crippen molar-refractivity contribution in [3.8, 4) is 0 Å². The number of nitrogens with zero attached hydrogens (tertiary/aromatic N) is 4. The normalized spacial score (nSPS) is 13.9. The van der Waals surface area contributed by atoms with E-state index in [9.17, 15) is 4.79 Å². The van der Waals surface area contributed by atoms with Crippen LogP contribution in [-0.2, 0) is 19.5 Å². The fourth-order valence-corrected chi connectivity index (χ4v) is 2.21. The molecule has 3 N–H and O–H groups in total. The van der Waals surface area contributed by atoms with Gasteiger partial charge in [-0.15, -0.1) is 5.10 Å². The number of carbonyl (C=O) groups excluding carboxylic acids is 1. The largest absolute Gasteiger partial charge is 0.332 e. The van der Waals surface area contributed by atoms with Gasteiger partial charge in [0.1, 0.15) is 5.82 Å². The highest BCUT2D eigenvalue weighted by atomic mass is 16.2. The van der Waals surface area contributed by atoms with Crippen LogP contribution in [0, 0.1) is 0 Å². The molecule has 0 spiro atoms. The molecule has 3 heterocycles. The molecule has 0 unspecified atom stereocenters. The maximum Gasteiger partial charge on any atom is 0.320 e. The summed E-state index contributed by atoms with van der Waals surface area (Å²) in [5.41, 5.74) is 1.03. The predicted octanol–water partition coefficient (Wildman–Crippen LogP) is 0.659. The zero-order chi connectivity index (χ0) is 13.1. The quantitative estimate of drug-likeness (QED) is 0.755. The Balaban J connectivity index is 1.57. The second kappa shape index (κ2) is 5.09. The van der Waals surface area contributed by atoms with E-state index in [1.807, 2.05) is 6.20 Å². The van der Waals surface area contributed by atoms with Gasteiger partial charge in [0.2, 0.25) is 0 Å². The van der Waals surface area contributed by atoms with Crippen LogP contribution in [0.25, 0.3) is 0 Å². The summed E-state index contributed by atoms with van der Waals surface area (Å²) in [7, 11) is 0. The number of aromatic amines is 1. The molecule has 19 heavy (non-hydrogen) atoms. The van der Waals surface area contributed by atoms with Crippen LogP contribution in [-0.4, -0.2) is 31.0 Å². The van der Waals surface area contributed by atoms with Crippen LogP contribution in [0.5, 0.6) is 0 Å². The number of hydrogen-bond acceptors (Lipinski definition) is 4. The molecule has 1 aliphatic heterocycles. The highest BCUT2D eigenvalue weighted by Gasteiger charge is 2.14. The number of nitrogens with one attached hydrogen (secondary N) is 3. The third-order valence-electron chi connectivity index (χ3n) is 3.14. The number of hydrogen-bond donors (Lipinski definition) is 3. The molecule has 100 valence electrons. The number of amides is 2. The monoisotopic (exact) mass is 261 g/mol. The highest BCUT2D eigenvalue weighted by Crippen LogP contribution is 2.15. The van der Waals surface area contributed by atoms with Crippen LogP contribution in [0.15, 0.2) is 12.4 Å². The number of aromatic nitrogens is 5. The third kappa shape index (κ3) is 2.56. The lowest BCUT2D eigenvalue weighted by Crippen LogP contribution is -2.29. The Labute approximate surface area is 109 Å². The number of H-pyrrole nitrogens is 1. The summed E-state index contributed by atoms with van der Waals surface area (Å²) >= 11 is 0. The molecule has 0 aromatic carbocycles. The molecule has 8 heteroatoms. The van der Waals surface area contributed by atoms with Crippen molar-refractivity contribution in [3.05, 3.63) is 23.9 Å². The smallest absolute Gasteiger partial charge is 0.320 e. The van der Waals surface area contributed by atoms with Crippen molar-refractivity contribution < 1.29 is 4.79 Å². The Morgan fingerprint density at radius 1 is 1.42 bits per heavy atom. The Morgan fingerprint density at radius 2 is 2.37 bits per heavy atom. The SMILES string of the molecule is O=C(NCc1cnc2n1CCCC2)Nc1cn[nH]n1. The molecule has 0 atom stereocenters. The molecule has 0 radical (unpaired) electrons. The van der Waals surface area contributed by atoms with Crippen molar-refractivity contribution in [2.24, 2.45) is 0 Å². The van der Waals surface area contributed by atoms with Gasteiger partial charge >= 0.3 is 6.03 Å². The number of aryl methyl sites for hydroxylation is 1. The van der Waals surface area contributed by atoms with E-state index in [1.165, 1.54) is 19.0 Å². The number of rotatable bonds is 3. The maximum absolute atomic E-state index is 11.6. The van der Waals surface area contributed by atoms with Gasteiger partial charge in [0, 0.05) is 13.0 Å². The molecule has 0 saturated heterocycles. The fraction of sp³-hybridized carbons (Fsp3) is 0.455. The Kier molecular flexibility index (Phi) is 3.13. The number of anilines is 1. The van der Waals surface area contributed by atoms with E-state index in [1.54, 1.807) is 0 Å². The van der Waals surface area contributed by atoms with Crippen molar-refractivity contribution in [2.45, 2.75) is 32.4 Å². The molecule has 1 aliphatic rings. The van der Waals surface area contributed by atoms with Gasteiger partial charge in [-0.1, -0.05) is 0 Å². The molecule has 2 amide bonds. The van der Waals surface area contributed by atoms with Crippen LogP contribution in [0.2, 0.25) is 0 Å². The lowest BCUT2D eigenvalue weighted by atomic mass is 10.1. The van der Waals surface area contributed by atoms with Crippen molar-refractivity contribution in [1.82, 2.24) is 30.3 Å². The van der Waals surface area contributed by atoms with E-state index in [4.69, 9.17) is 0 Å². The number of imidazole rings is 1. The predicted molar refractivity (Wildman–Crippen MR) is 67.4 cm³/mol. The van der Waals surface area contributed by atoms with E-state index in [0.717, 1.165) is 24.5 Å². The molecule has 0 bridgehead atoms. The molecular formula is C11H15N7O. The summed E-state index contributed by atoms with van der Waals surface area (Å²) in [4.78, 5) is 16.0. The second-order valence-electron chi connectivity index (χ2n) is 4.44. The topological polar surface area (TPSA) is 101 Å². The van der Waals surface area contributed by atoms with Gasteiger partial charge < -0.3 is 9.88 Å². The van der Waals surface area contributed by atoms with Crippen LogP contribution < -0.4 is 10.6 Å². The molecular weight excluding hydrogens is 246 g/mol. The van der Waals surface area contributed by atoms with Crippen LogP contribution in [0.3, 0.4) is 0 Å². The highest BCUT2D eigenvalue weighted by molar-refractivity contribution is 5.87. The average Bonchev–Trinajstić information content (AvgIpc) is 3.05. The summed E-state index contributed by atoms with van der Waals surface area (Å²) in [6.45, 7) is 1.44. The van der Waals surface area contributed by atoms with Gasteiger partial charge in [-0.2, -0.15) is 10.3 Å². The first-order valence-electron chi connectivity index (χ1n) is 6.27. The van der Waals surface area contributed by atoms with Gasteiger partial charge in [0.05, 0.1) is 24.6 Å². The Morgan fingerprint density at radius 3 is 3.21 bits per heavy atom. The van der Waals surface area contributed by atoms with Crippen molar-refractivity contribution in [1.29, 1.82) is 0 Å². The molecule has 0 saturated carbocycles. The van der Waals surface area contributed by atoms with Crippen molar-refractivity contribution in [3.63, 3.8) is 0 Å². The van der Waals surface area contributed by atoms with Gasteiger partial charge in [-0.25, -0.2) is 9.78 Å². The molecule has 0 aliphatic carbocycles. The summed E-state index contributed by atoms with van der Waals surface area (Å²) < 4.78 is 2.18. The third-order valence-corrected chi connectivity index (χ3v) is 3.14. The van der Waals surface area contributed by atoms with E-state index in [0.29, 0.717) is 12.4 Å². The molecule has 2 aromatic rings. The summed E-state index contributed by atoms with van der Waals surface area (Å²) in [5, 5.41) is 15.1. The van der Waals surface area contributed by atoms with Gasteiger partial charge in [0.15, 0.2) is 5.82 Å². The number of fused-ring (bicyclic) bond motifs is 1. The van der Waals surface area contributed by atoms with Crippen molar-refractivity contribution >= 4 is 11.8 Å². The standard InChI is InChI=1S/C11H15N7O/c19-11(15-9-7-14-17-16-9)13-6-8-5-12-10-3-1-2-4-18(8)10/h5,7H,1-4,6H2,(H3,13,14,15,16,17,19). The summed E-state index contributed by atoms with van der Waals surface area (Å²) in [6, 6.07) is -0.305. The summed E-state index contributed by atoms with van der Waals surface area (Å²) in [5.74, 6) is 1.51. The minimum atomic E-state index is -0.305. The van der Waals surface area contributed by atoms with E-state index in [-0.39, 0.29) is 6.03 Å². The first-order valence-corrected chi connectivity index (χ1v) is 6.27. The zero-order valence-corrected chi connectivity index (χ0v) is 10.4. The van der Waals surface area contributed by atoms with E-state index < -0.39 is 0 Å². The van der Waals surface area contributed by atoms with Crippen molar-refractivity contribution in [2.75, 3.05) is 5.32 Å². The van der Waals surface area contributed by atoms with Gasteiger partial charge in [-0.05, 0) is 12.8 Å². The summed E-state index contributed by atoms with van der Waals surface area (Å²) in [6.07, 6.45) is 6.65. The van der Waals surface area contributed by atoms with Gasteiger partial charge in [0.25, 0.3) is 0 Å². The molecule has 8 nitrogen and oxygen atoms in total. The van der Waals surface area contributed by atoms with E-state index >= 15 is 0 Å². The second-order valence-corrected chi connectivity index (χ2v) is 4.44. The Bertz CT molecular complexity index is 560. The minimum absolute atomic E-state index is 0.305. The lowest BCUT2D eigenvalue weighted by molar-refractivity contribution is 0.251. The minimum Gasteiger partial charge on any atom is -0.332 e. The number of carbonyl (C=O) groups is 1. The molecule has 0 fully saturated rings. The fourth-order valence-electron chi connectivity index (χ4n) is 2.21. The Hall–Kier alpha value is -2.38. The first kappa shape index (κ1) is 11.7. The average molecular weight is 261 g/mol. The van der Waals surface area contributed by atoms with Gasteiger partial charge in [-0.3, -0.25) is 5.32 Å². The molecule has 3 rings (SSSR count). The van der Waals surface area contributed by atoms with Crippen LogP contribution in [0.4, 0.5) is 10.6 Å². The number of urea groups is 1. The molecule has 2 aromatic heterocycles. The van der Waals surface area contributed by atoms with Crippen LogP contribution >= 0.6 is 0 Å². The first-order chi connectivity index (χ1) is 9.33.